The summed E-state index contributed by atoms with van der Waals surface area (Å²) in [5.74, 6) is 0.821. The Bertz CT molecular complexity index is 365. The summed E-state index contributed by atoms with van der Waals surface area (Å²) < 4.78 is 0. The van der Waals surface area contributed by atoms with Gasteiger partial charge < -0.3 is 15.5 Å². The first-order chi connectivity index (χ1) is 9.49. The quantitative estimate of drug-likeness (QED) is 0.580. The molecule has 3 N–H and O–H groups in total. The average Bonchev–Trinajstić information content (AvgIpc) is 2.46. The van der Waals surface area contributed by atoms with Gasteiger partial charge in [0, 0.05) is 39.3 Å². The summed E-state index contributed by atoms with van der Waals surface area (Å²) in [6.45, 7) is 9.03. The number of piperidine rings is 1. The summed E-state index contributed by atoms with van der Waals surface area (Å²) in [5.41, 5.74) is 5.55. The Hall–Kier alpha value is -1.30. The Kier molecular flexibility index (Phi) is 4.86. The number of piperazine rings is 1. The number of amides is 2. The molecule has 2 heterocycles. The van der Waals surface area contributed by atoms with Crippen molar-refractivity contribution in [2.24, 2.45) is 11.7 Å². The second-order valence-corrected chi connectivity index (χ2v) is 6.13. The smallest absolute Gasteiger partial charge is 0.320 e. The number of hydrogen-bond acceptors (Lipinski definition) is 3. The minimum atomic E-state index is -0.0257. The minimum Gasteiger partial charge on any atom is -0.386 e. The first-order valence-electron chi connectivity index (χ1n) is 7.61. The highest BCUT2D eigenvalue weighted by Crippen LogP contribution is 2.18. The van der Waals surface area contributed by atoms with E-state index in [9.17, 15) is 4.79 Å². The van der Waals surface area contributed by atoms with Gasteiger partial charge in [0.25, 0.3) is 0 Å². The van der Waals surface area contributed by atoms with Crippen molar-refractivity contribution in [3.63, 3.8) is 0 Å². The van der Waals surface area contributed by atoms with Crippen LogP contribution in [0, 0.1) is 11.3 Å². The summed E-state index contributed by atoms with van der Waals surface area (Å²) >= 11 is 0. The van der Waals surface area contributed by atoms with Crippen molar-refractivity contribution < 1.29 is 4.79 Å². The molecule has 0 aromatic rings. The number of carbonyl (C=O) groups is 1. The van der Waals surface area contributed by atoms with E-state index in [1.54, 1.807) is 0 Å². The number of nitrogens with zero attached hydrogens (tertiary/aromatic N) is 3. The molecule has 2 aliphatic heterocycles. The van der Waals surface area contributed by atoms with E-state index in [0.29, 0.717) is 5.92 Å². The van der Waals surface area contributed by atoms with Crippen LogP contribution in [0.1, 0.15) is 26.7 Å². The van der Waals surface area contributed by atoms with Crippen molar-refractivity contribution in [2.45, 2.75) is 32.7 Å². The van der Waals surface area contributed by atoms with Gasteiger partial charge in [0.05, 0.1) is 6.04 Å². The van der Waals surface area contributed by atoms with Crippen molar-refractivity contribution in [2.75, 3.05) is 39.3 Å². The highest BCUT2D eigenvalue weighted by molar-refractivity contribution is 5.82. The first-order valence-corrected chi connectivity index (χ1v) is 7.61. The fraction of sp³-hybridized carbons (Fsp3) is 0.857. The maximum atomic E-state index is 12.5. The number of amidine groups is 1. The molecule has 2 saturated heterocycles. The molecular formula is C14H27N5O. The van der Waals surface area contributed by atoms with E-state index < -0.39 is 0 Å². The lowest BCUT2D eigenvalue weighted by Gasteiger charge is -2.41. The number of nitrogens with one attached hydrogen (secondary N) is 1. The van der Waals surface area contributed by atoms with E-state index >= 15 is 0 Å². The van der Waals surface area contributed by atoms with Crippen LogP contribution in [-0.2, 0) is 0 Å². The fourth-order valence-corrected chi connectivity index (χ4v) is 3.06. The largest absolute Gasteiger partial charge is 0.386 e. The van der Waals surface area contributed by atoms with Gasteiger partial charge in [0.1, 0.15) is 5.84 Å². The van der Waals surface area contributed by atoms with Crippen LogP contribution in [0.4, 0.5) is 4.79 Å². The predicted molar refractivity (Wildman–Crippen MR) is 79.9 cm³/mol. The van der Waals surface area contributed by atoms with Crippen molar-refractivity contribution in [1.29, 1.82) is 5.41 Å². The molecule has 2 unspecified atom stereocenters. The van der Waals surface area contributed by atoms with Crippen LogP contribution in [0.5, 0.6) is 0 Å². The van der Waals surface area contributed by atoms with E-state index in [4.69, 9.17) is 11.1 Å². The minimum absolute atomic E-state index is 0.0257. The summed E-state index contributed by atoms with van der Waals surface area (Å²) in [5, 5.41) is 7.50. The summed E-state index contributed by atoms with van der Waals surface area (Å²) in [7, 11) is 0. The average molecular weight is 281 g/mol. The number of hydrogen-bond donors (Lipinski definition) is 2. The molecule has 2 atom stereocenters. The molecule has 0 bridgehead atoms. The zero-order valence-electron chi connectivity index (χ0n) is 12.6. The number of carbonyl (C=O) groups excluding carboxylic acids is 1. The van der Waals surface area contributed by atoms with Gasteiger partial charge in [-0.25, -0.2) is 4.79 Å². The number of urea groups is 1. The van der Waals surface area contributed by atoms with Crippen LogP contribution in [-0.4, -0.2) is 71.9 Å². The number of likely N-dealkylation sites (tertiary alicyclic amines) is 1. The van der Waals surface area contributed by atoms with Gasteiger partial charge in [-0.1, -0.05) is 6.92 Å². The topological polar surface area (TPSA) is 76.7 Å². The van der Waals surface area contributed by atoms with Gasteiger partial charge in [-0.15, -0.1) is 0 Å². The third-order valence-electron chi connectivity index (χ3n) is 4.51. The maximum absolute atomic E-state index is 12.5. The standard InChI is InChI=1S/C14H27N5O/c1-11-4-3-5-19(10-11)14(20)18-8-6-17(7-9-18)12(2)13(15)16/h11-12H,3-10H2,1-2H3,(H3,15,16). The third kappa shape index (κ3) is 3.42. The first kappa shape index (κ1) is 15.1. The molecule has 2 aliphatic rings. The zero-order chi connectivity index (χ0) is 14.7. The molecule has 0 saturated carbocycles. The van der Waals surface area contributed by atoms with Crippen LogP contribution in [0.25, 0.3) is 0 Å². The van der Waals surface area contributed by atoms with E-state index in [0.717, 1.165) is 45.7 Å². The van der Waals surface area contributed by atoms with Crippen molar-refractivity contribution in [3.8, 4) is 0 Å². The fourth-order valence-electron chi connectivity index (χ4n) is 3.06. The number of nitrogens with two attached hydrogens (primary N) is 1. The molecule has 0 radical (unpaired) electrons. The molecule has 0 spiro atoms. The lowest BCUT2D eigenvalue weighted by Crippen LogP contribution is -2.57. The van der Waals surface area contributed by atoms with Gasteiger partial charge in [-0.2, -0.15) is 0 Å². The van der Waals surface area contributed by atoms with E-state index in [-0.39, 0.29) is 17.9 Å². The molecule has 6 nitrogen and oxygen atoms in total. The lowest BCUT2D eigenvalue weighted by molar-refractivity contribution is 0.0957. The SMILES string of the molecule is CC1CCCN(C(=O)N2CCN(C(C)C(=N)N)CC2)C1. The zero-order valence-corrected chi connectivity index (χ0v) is 12.6. The second kappa shape index (κ2) is 6.43. The Morgan fingerprint density at radius 1 is 1.20 bits per heavy atom. The number of rotatable bonds is 2. The molecule has 2 amide bonds. The monoisotopic (exact) mass is 281 g/mol. The van der Waals surface area contributed by atoms with Crippen LogP contribution in [0.15, 0.2) is 0 Å². The van der Waals surface area contributed by atoms with Crippen molar-refractivity contribution >= 4 is 11.9 Å². The van der Waals surface area contributed by atoms with E-state index in [1.165, 1.54) is 6.42 Å². The molecule has 20 heavy (non-hydrogen) atoms. The van der Waals surface area contributed by atoms with E-state index in [1.807, 2.05) is 16.7 Å². The molecule has 2 fully saturated rings. The van der Waals surface area contributed by atoms with Gasteiger partial charge in [0.2, 0.25) is 0 Å². The van der Waals surface area contributed by atoms with Crippen LogP contribution in [0.2, 0.25) is 0 Å². The molecule has 114 valence electrons. The van der Waals surface area contributed by atoms with Gasteiger partial charge >= 0.3 is 6.03 Å². The molecule has 0 aromatic heterocycles. The highest BCUT2D eigenvalue weighted by atomic mass is 16.2. The van der Waals surface area contributed by atoms with Gasteiger partial charge in [-0.05, 0) is 25.7 Å². The van der Waals surface area contributed by atoms with Gasteiger partial charge in [0.15, 0.2) is 0 Å². The summed E-state index contributed by atoms with van der Waals surface area (Å²) in [6, 6.07) is 0.161. The molecular weight excluding hydrogens is 254 g/mol. The molecule has 0 aliphatic carbocycles. The second-order valence-electron chi connectivity index (χ2n) is 6.13. The predicted octanol–water partition coefficient (Wildman–Crippen LogP) is 0.780. The van der Waals surface area contributed by atoms with Crippen molar-refractivity contribution in [1.82, 2.24) is 14.7 Å². The Labute approximate surface area is 121 Å². The Morgan fingerprint density at radius 2 is 1.85 bits per heavy atom. The van der Waals surface area contributed by atoms with Crippen LogP contribution >= 0.6 is 0 Å². The van der Waals surface area contributed by atoms with Gasteiger partial charge in [-0.3, -0.25) is 10.3 Å². The van der Waals surface area contributed by atoms with Crippen LogP contribution < -0.4 is 5.73 Å². The summed E-state index contributed by atoms with van der Waals surface area (Å²) in [6.07, 6.45) is 2.35. The highest BCUT2D eigenvalue weighted by Gasteiger charge is 2.29. The normalized spacial score (nSPS) is 26.4. The lowest BCUT2D eigenvalue weighted by atomic mass is 10.0. The third-order valence-corrected chi connectivity index (χ3v) is 4.51. The maximum Gasteiger partial charge on any atom is 0.320 e. The van der Waals surface area contributed by atoms with Crippen molar-refractivity contribution in [3.05, 3.63) is 0 Å². The summed E-state index contributed by atoms with van der Waals surface area (Å²) in [4.78, 5) is 18.6. The molecule has 2 rings (SSSR count). The van der Waals surface area contributed by atoms with E-state index in [2.05, 4.69) is 11.8 Å². The van der Waals surface area contributed by atoms with Crippen LogP contribution in [0.3, 0.4) is 0 Å². The Morgan fingerprint density at radius 3 is 2.40 bits per heavy atom. The Balaban J connectivity index is 1.84. The molecule has 0 aromatic carbocycles. The molecule has 6 heteroatoms.